The molecule has 0 amide bonds. The third-order valence-electron chi connectivity index (χ3n) is 6.73. The molecule has 0 saturated heterocycles. The molecule has 0 aromatic heterocycles. The molecule has 4 unspecified atom stereocenters. The summed E-state index contributed by atoms with van der Waals surface area (Å²) >= 11 is 0. The maximum Gasteiger partial charge on any atom is -0.00191 e. The van der Waals surface area contributed by atoms with Crippen molar-refractivity contribution in [3.8, 4) is 0 Å². The van der Waals surface area contributed by atoms with Crippen LogP contribution >= 0.6 is 0 Å². The molecule has 0 spiro atoms. The van der Waals surface area contributed by atoms with E-state index in [1.807, 2.05) is 0 Å². The minimum absolute atomic E-state index is 0.802. The molecule has 0 heterocycles. The lowest BCUT2D eigenvalue weighted by Gasteiger charge is -2.28. The summed E-state index contributed by atoms with van der Waals surface area (Å²) in [5, 5.41) is 0. The first-order valence-electron chi connectivity index (χ1n) is 11.0. The van der Waals surface area contributed by atoms with Crippen LogP contribution in [0.25, 0.3) is 0 Å². The molecule has 1 heteroatoms. The maximum absolute atomic E-state index is 2.55. The van der Waals surface area contributed by atoms with Crippen molar-refractivity contribution in [3.05, 3.63) is 11.6 Å². The zero-order chi connectivity index (χ0) is 19.4. The first-order valence-corrected chi connectivity index (χ1v) is 11.0. The van der Waals surface area contributed by atoms with Gasteiger partial charge in [-0.2, -0.15) is 0 Å². The van der Waals surface area contributed by atoms with E-state index in [0.717, 1.165) is 29.6 Å². The fraction of sp³-hybridized carbons (Fsp3) is 0.917. The largest absolute Gasteiger partial charge is 0.306 e. The van der Waals surface area contributed by atoms with Crippen LogP contribution in [0.2, 0.25) is 0 Å². The molecule has 0 radical (unpaired) electrons. The second kappa shape index (κ2) is 13.8. The Bertz CT molecular complexity index is 346. The smallest absolute Gasteiger partial charge is 0.00191 e. The molecule has 0 aliphatic heterocycles. The van der Waals surface area contributed by atoms with E-state index < -0.39 is 0 Å². The molecule has 0 aliphatic carbocycles. The van der Waals surface area contributed by atoms with Crippen molar-refractivity contribution >= 4 is 0 Å². The van der Waals surface area contributed by atoms with Crippen LogP contribution in [0.4, 0.5) is 0 Å². The lowest BCUT2D eigenvalue weighted by atomic mass is 9.80. The number of allylic oxidation sites excluding steroid dienone is 2. The van der Waals surface area contributed by atoms with Crippen LogP contribution in [0.1, 0.15) is 93.9 Å². The topological polar surface area (TPSA) is 3.24 Å². The van der Waals surface area contributed by atoms with Gasteiger partial charge in [0.05, 0.1) is 0 Å². The highest BCUT2D eigenvalue weighted by atomic mass is 15.1. The molecule has 0 aromatic rings. The lowest BCUT2D eigenvalue weighted by Crippen LogP contribution is -2.25. The van der Waals surface area contributed by atoms with Crippen LogP contribution < -0.4 is 0 Å². The molecular formula is C24H49N. The van der Waals surface area contributed by atoms with Gasteiger partial charge in [0, 0.05) is 0 Å². The van der Waals surface area contributed by atoms with E-state index in [1.54, 1.807) is 0 Å². The van der Waals surface area contributed by atoms with Gasteiger partial charge in [-0.25, -0.2) is 0 Å². The zero-order valence-electron chi connectivity index (χ0n) is 19.1. The number of rotatable bonds is 14. The highest BCUT2D eigenvalue weighted by Crippen LogP contribution is 2.28. The van der Waals surface area contributed by atoms with Crippen molar-refractivity contribution in [2.75, 3.05) is 20.1 Å². The summed E-state index contributed by atoms with van der Waals surface area (Å²) in [4.78, 5) is 2.55. The molecule has 1 nitrogen and oxygen atoms in total. The number of nitrogens with zero attached hydrogens (tertiary/aromatic N) is 1. The van der Waals surface area contributed by atoms with Crippen molar-refractivity contribution in [1.82, 2.24) is 4.90 Å². The summed E-state index contributed by atoms with van der Waals surface area (Å²) in [6.45, 7) is 21.5. The molecule has 0 N–H and O–H groups in total. The fourth-order valence-corrected chi connectivity index (χ4v) is 3.38. The summed E-state index contributed by atoms with van der Waals surface area (Å²) in [5.41, 5.74) is 1.54. The third kappa shape index (κ3) is 11.8. The normalized spacial score (nSPS) is 18.9. The van der Waals surface area contributed by atoms with Gasteiger partial charge in [-0.1, -0.05) is 66.5 Å². The SMILES string of the molecule is CC/C(C)=C/C[C@@H](C)CCN(C)CCC(C)C(C)CC(C)C(C)CC. The van der Waals surface area contributed by atoms with Crippen LogP contribution in [0, 0.1) is 29.6 Å². The van der Waals surface area contributed by atoms with E-state index in [4.69, 9.17) is 0 Å². The predicted molar refractivity (Wildman–Crippen MR) is 116 cm³/mol. The summed E-state index contributed by atoms with van der Waals surface area (Å²) in [6, 6.07) is 0. The summed E-state index contributed by atoms with van der Waals surface area (Å²) in [6.07, 6.45) is 10.2. The zero-order valence-corrected chi connectivity index (χ0v) is 19.1. The van der Waals surface area contributed by atoms with Gasteiger partial charge in [-0.15, -0.1) is 0 Å². The van der Waals surface area contributed by atoms with Gasteiger partial charge in [0.25, 0.3) is 0 Å². The molecule has 5 atom stereocenters. The Kier molecular flexibility index (Phi) is 13.7. The van der Waals surface area contributed by atoms with Crippen LogP contribution in [-0.2, 0) is 0 Å². The molecule has 0 aliphatic rings. The monoisotopic (exact) mass is 351 g/mol. The van der Waals surface area contributed by atoms with Gasteiger partial charge >= 0.3 is 0 Å². The first-order chi connectivity index (χ1) is 11.7. The standard InChI is InChI=1S/C24H49N/c1-10-19(3)12-13-20(4)14-16-25(9)17-15-22(6)24(8)18-23(7)21(5)11-2/h12,20-24H,10-11,13-18H2,1-9H3/b19-12+/t20-,21?,22?,23?,24?/m1/s1. The van der Waals surface area contributed by atoms with Gasteiger partial charge in [-0.3, -0.25) is 0 Å². The number of hydrogen-bond donors (Lipinski definition) is 0. The Morgan fingerprint density at radius 1 is 0.840 bits per heavy atom. The quantitative estimate of drug-likeness (QED) is 0.294. The first kappa shape index (κ1) is 24.7. The fourth-order valence-electron chi connectivity index (χ4n) is 3.38. The molecule has 0 bridgehead atoms. The molecular weight excluding hydrogens is 302 g/mol. The van der Waals surface area contributed by atoms with Crippen LogP contribution in [0.5, 0.6) is 0 Å². The molecule has 0 fully saturated rings. The Morgan fingerprint density at radius 3 is 1.96 bits per heavy atom. The second-order valence-electron chi connectivity index (χ2n) is 9.18. The Balaban J connectivity index is 4.01. The van der Waals surface area contributed by atoms with Crippen LogP contribution in [0.3, 0.4) is 0 Å². The molecule has 150 valence electrons. The summed E-state index contributed by atoms with van der Waals surface area (Å²) in [7, 11) is 2.30. The number of hydrogen-bond acceptors (Lipinski definition) is 1. The van der Waals surface area contributed by atoms with Crippen LogP contribution in [0.15, 0.2) is 11.6 Å². The van der Waals surface area contributed by atoms with Gasteiger partial charge in [-0.05, 0) is 88.8 Å². The highest BCUT2D eigenvalue weighted by molar-refractivity contribution is 4.97. The van der Waals surface area contributed by atoms with E-state index in [0.29, 0.717) is 0 Å². The van der Waals surface area contributed by atoms with E-state index in [-0.39, 0.29) is 0 Å². The molecule has 0 rings (SSSR count). The van der Waals surface area contributed by atoms with Crippen LogP contribution in [-0.4, -0.2) is 25.0 Å². The van der Waals surface area contributed by atoms with Gasteiger partial charge in [0.2, 0.25) is 0 Å². The average Bonchev–Trinajstić information content (AvgIpc) is 2.60. The summed E-state index contributed by atoms with van der Waals surface area (Å²) < 4.78 is 0. The summed E-state index contributed by atoms with van der Waals surface area (Å²) in [5.74, 6) is 4.21. The van der Waals surface area contributed by atoms with Crippen molar-refractivity contribution in [2.24, 2.45) is 29.6 Å². The lowest BCUT2D eigenvalue weighted by molar-refractivity contribution is 0.222. The predicted octanol–water partition coefficient (Wildman–Crippen LogP) is 7.43. The van der Waals surface area contributed by atoms with Crippen molar-refractivity contribution in [2.45, 2.75) is 93.9 Å². The second-order valence-corrected chi connectivity index (χ2v) is 9.18. The van der Waals surface area contributed by atoms with E-state index in [1.165, 1.54) is 57.2 Å². The van der Waals surface area contributed by atoms with Crippen molar-refractivity contribution in [3.63, 3.8) is 0 Å². The van der Waals surface area contributed by atoms with Crippen molar-refractivity contribution in [1.29, 1.82) is 0 Å². The van der Waals surface area contributed by atoms with E-state index in [2.05, 4.69) is 73.4 Å². The highest BCUT2D eigenvalue weighted by Gasteiger charge is 2.19. The molecule has 25 heavy (non-hydrogen) atoms. The van der Waals surface area contributed by atoms with Gasteiger partial charge in [0.1, 0.15) is 0 Å². The molecule has 0 aromatic carbocycles. The van der Waals surface area contributed by atoms with E-state index in [9.17, 15) is 0 Å². The Labute approximate surface area is 160 Å². The average molecular weight is 352 g/mol. The van der Waals surface area contributed by atoms with Gasteiger partial charge in [0.15, 0.2) is 0 Å². The third-order valence-corrected chi connectivity index (χ3v) is 6.73. The minimum Gasteiger partial charge on any atom is -0.306 e. The van der Waals surface area contributed by atoms with Crippen molar-refractivity contribution < 1.29 is 0 Å². The van der Waals surface area contributed by atoms with E-state index >= 15 is 0 Å². The maximum atomic E-state index is 2.55. The van der Waals surface area contributed by atoms with Gasteiger partial charge < -0.3 is 4.90 Å². The Morgan fingerprint density at radius 2 is 1.40 bits per heavy atom. The Hall–Kier alpha value is -0.300. The minimum atomic E-state index is 0.802. The molecule has 0 saturated carbocycles.